The van der Waals surface area contributed by atoms with E-state index < -0.39 is 0 Å². The molecule has 3 aromatic rings. The standard InChI is InChI=1S/C18H17ClN4O/c1-2-11-20-17-16(21-14-9-5-6-10-15(14)22-17)18(24)23-13-8-4-3-7-12(13)19/h3-10H,2,11H2,1H3,(H,20,22)(H,23,24). The predicted octanol–water partition coefficient (Wildman–Crippen LogP) is 4.36. The van der Waals surface area contributed by atoms with E-state index in [0.717, 1.165) is 11.9 Å². The average molecular weight is 341 g/mol. The van der Waals surface area contributed by atoms with Gasteiger partial charge in [0.05, 0.1) is 21.7 Å². The van der Waals surface area contributed by atoms with Crippen LogP contribution in [0.3, 0.4) is 0 Å². The Morgan fingerprint density at radius 1 is 1.04 bits per heavy atom. The number of para-hydroxylation sites is 3. The number of fused-ring (bicyclic) bond motifs is 1. The van der Waals surface area contributed by atoms with E-state index in [9.17, 15) is 4.79 Å². The van der Waals surface area contributed by atoms with Crippen molar-refractivity contribution in [3.8, 4) is 0 Å². The Morgan fingerprint density at radius 2 is 1.71 bits per heavy atom. The van der Waals surface area contributed by atoms with E-state index in [-0.39, 0.29) is 11.6 Å². The van der Waals surface area contributed by atoms with Gasteiger partial charge in [0.25, 0.3) is 5.91 Å². The van der Waals surface area contributed by atoms with Crippen molar-refractivity contribution in [2.45, 2.75) is 13.3 Å². The largest absolute Gasteiger partial charge is 0.368 e. The van der Waals surface area contributed by atoms with Gasteiger partial charge in [-0.05, 0) is 30.7 Å². The van der Waals surface area contributed by atoms with Crippen molar-refractivity contribution in [3.63, 3.8) is 0 Å². The molecule has 2 N–H and O–H groups in total. The van der Waals surface area contributed by atoms with E-state index in [4.69, 9.17) is 11.6 Å². The first-order chi connectivity index (χ1) is 11.7. The van der Waals surface area contributed by atoms with Crippen molar-refractivity contribution in [1.82, 2.24) is 9.97 Å². The van der Waals surface area contributed by atoms with Crippen LogP contribution in [0.1, 0.15) is 23.8 Å². The molecule has 0 bridgehead atoms. The zero-order valence-electron chi connectivity index (χ0n) is 13.2. The highest BCUT2D eigenvalue weighted by Gasteiger charge is 2.17. The number of aromatic nitrogens is 2. The summed E-state index contributed by atoms with van der Waals surface area (Å²) >= 11 is 6.11. The second-order valence-electron chi connectivity index (χ2n) is 5.27. The fourth-order valence-electron chi connectivity index (χ4n) is 2.27. The molecule has 0 aliphatic heterocycles. The van der Waals surface area contributed by atoms with Crippen LogP contribution in [-0.2, 0) is 0 Å². The summed E-state index contributed by atoms with van der Waals surface area (Å²) < 4.78 is 0. The first-order valence-electron chi connectivity index (χ1n) is 7.75. The van der Waals surface area contributed by atoms with Crippen LogP contribution in [0, 0.1) is 0 Å². The first kappa shape index (κ1) is 16.2. The van der Waals surface area contributed by atoms with Gasteiger partial charge >= 0.3 is 0 Å². The molecule has 0 aliphatic rings. The molecule has 0 fully saturated rings. The number of anilines is 2. The number of amides is 1. The van der Waals surface area contributed by atoms with Gasteiger partial charge in [-0.3, -0.25) is 4.79 Å². The van der Waals surface area contributed by atoms with E-state index in [2.05, 4.69) is 20.6 Å². The van der Waals surface area contributed by atoms with Gasteiger partial charge in [0.15, 0.2) is 11.5 Å². The lowest BCUT2D eigenvalue weighted by Gasteiger charge is -2.12. The van der Waals surface area contributed by atoms with Gasteiger partial charge < -0.3 is 10.6 Å². The van der Waals surface area contributed by atoms with Gasteiger partial charge in [0.1, 0.15) is 0 Å². The minimum Gasteiger partial charge on any atom is -0.368 e. The highest BCUT2D eigenvalue weighted by Crippen LogP contribution is 2.23. The molecule has 1 heterocycles. The van der Waals surface area contributed by atoms with Crippen molar-refractivity contribution in [2.75, 3.05) is 17.2 Å². The maximum absolute atomic E-state index is 12.7. The Morgan fingerprint density at radius 3 is 2.42 bits per heavy atom. The molecule has 1 amide bonds. The molecule has 0 saturated heterocycles. The number of benzene rings is 2. The van der Waals surface area contributed by atoms with Crippen LogP contribution >= 0.6 is 11.6 Å². The smallest absolute Gasteiger partial charge is 0.278 e. The second-order valence-corrected chi connectivity index (χ2v) is 5.68. The van der Waals surface area contributed by atoms with Gasteiger partial charge in [-0.2, -0.15) is 0 Å². The third-order valence-corrected chi connectivity index (χ3v) is 3.78. The molecule has 0 radical (unpaired) electrons. The first-order valence-corrected chi connectivity index (χ1v) is 8.13. The molecule has 0 unspecified atom stereocenters. The molecule has 0 spiro atoms. The summed E-state index contributed by atoms with van der Waals surface area (Å²) in [5.41, 5.74) is 2.21. The molecule has 1 aromatic heterocycles. The van der Waals surface area contributed by atoms with Crippen LogP contribution in [0.15, 0.2) is 48.5 Å². The zero-order chi connectivity index (χ0) is 16.9. The number of rotatable bonds is 5. The molecule has 3 rings (SSSR count). The summed E-state index contributed by atoms with van der Waals surface area (Å²) in [6.07, 6.45) is 0.917. The molecule has 24 heavy (non-hydrogen) atoms. The van der Waals surface area contributed by atoms with Gasteiger partial charge in [0, 0.05) is 6.54 Å². The lowest BCUT2D eigenvalue weighted by molar-refractivity contribution is 0.102. The van der Waals surface area contributed by atoms with E-state index in [1.807, 2.05) is 43.3 Å². The fourth-order valence-corrected chi connectivity index (χ4v) is 2.45. The lowest BCUT2D eigenvalue weighted by Crippen LogP contribution is -2.18. The summed E-state index contributed by atoms with van der Waals surface area (Å²) in [7, 11) is 0. The van der Waals surface area contributed by atoms with E-state index in [0.29, 0.717) is 28.6 Å². The van der Waals surface area contributed by atoms with Gasteiger partial charge in [0.2, 0.25) is 0 Å². The van der Waals surface area contributed by atoms with Crippen LogP contribution in [0.2, 0.25) is 5.02 Å². The number of nitrogens with one attached hydrogen (secondary N) is 2. The molecule has 6 heteroatoms. The van der Waals surface area contributed by atoms with Gasteiger partial charge in [-0.15, -0.1) is 0 Å². The van der Waals surface area contributed by atoms with Crippen LogP contribution < -0.4 is 10.6 Å². The molecule has 0 saturated carbocycles. The van der Waals surface area contributed by atoms with E-state index in [1.165, 1.54) is 0 Å². The maximum atomic E-state index is 12.7. The van der Waals surface area contributed by atoms with E-state index in [1.54, 1.807) is 12.1 Å². The van der Waals surface area contributed by atoms with Crippen LogP contribution in [-0.4, -0.2) is 22.4 Å². The van der Waals surface area contributed by atoms with Gasteiger partial charge in [-0.1, -0.05) is 42.8 Å². The van der Waals surface area contributed by atoms with Crippen molar-refractivity contribution < 1.29 is 4.79 Å². The van der Waals surface area contributed by atoms with Crippen LogP contribution in [0.5, 0.6) is 0 Å². The Bertz CT molecular complexity index is 882. The number of hydrogen-bond donors (Lipinski definition) is 2. The third kappa shape index (κ3) is 3.46. The second kappa shape index (κ2) is 7.27. The van der Waals surface area contributed by atoms with Crippen LogP contribution in [0.25, 0.3) is 11.0 Å². The molecule has 5 nitrogen and oxygen atoms in total. The Hall–Kier alpha value is -2.66. The SMILES string of the molecule is CCCNc1nc2ccccc2nc1C(=O)Nc1ccccc1Cl. The summed E-state index contributed by atoms with van der Waals surface area (Å²) in [6, 6.07) is 14.5. The van der Waals surface area contributed by atoms with Gasteiger partial charge in [-0.25, -0.2) is 9.97 Å². The summed E-state index contributed by atoms with van der Waals surface area (Å²) in [5.74, 6) is 0.125. The molecule has 0 atom stereocenters. The molecular formula is C18H17ClN4O. The average Bonchev–Trinajstić information content (AvgIpc) is 2.61. The molecule has 122 valence electrons. The number of nitrogens with zero attached hydrogens (tertiary/aromatic N) is 2. The zero-order valence-corrected chi connectivity index (χ0v) is 14.0. The lowest BCUT2D eigenvalue weighted by atomic mass is 10.2. The monoisotopic (exact) mass is 340 g/mol. The number of hydrogen-bond acceptors (Lipinski definition) is 4. The highest BCUT2D eigenvalue weighted by atomic mass is 35.5. The third-order valence-electron chi connectivity index (χ3n) is 3.45. The normalized spacial score (nSPS) is 10.6. The number of carbonyl (C=O) groups excluding carboxylic acids is 1. The minimum atomic E-state index is -0.347. The van der Waals surface area contributed by atoms with Crippen molar-refractivity contribution >= 4 is 40.0 Å². The highest BCUT2D eigenvalue weighted by molar-refractivity contribution is 6.33. The topological polar surface area (TPSA) is 66.9 Å². The Labute approximate surface area is 145 Å². The Kier molecular flexibility index (Phi) is 4.91. The van der Waals surface area contributed by atoms with E-state index >= 15 is 0 Å². The number of halogens is 1. The maximum Gasteiger partial charge on any atom is 0.278 e. The Balaban J connectivity index is 1.99. The van der Waals surface area contributed by atoms with Crippen molar-refractivity contribution in [1.29, 1.82) is 0 Å². The quantitative estimate of drug-likeness (QED) is 0.724. The molecule has 2 aromatic carbocycles. The minimum absolute atomic E-state index is 0.252. The summed E-state index contributed by atoms with van der Waals surface area (Å²) in [4.78, 5) is 21.7. The number of carbonyl (C=O) groups is 1. The molecular weight excluding hydrogens is 324 g/mol. The molecule has 0 aliphatic carbocycles. The summed E-state index contributed by atoms with van der Waals surface area (Å²) in [6.45, 7) is 2.75. The van der Waals surface area contributed by atoms with Crippen molar-refractivity contribution in [2.24, 2.45) is 0 Å². The van der Waals surface area contributed by atoms with Crippen molar-refractivity contribution in [3.05, 3.63) is 59.2 Å². The fraction of sp³-hybridized carbons (Fsp3) is 0.167. The van der Waals surface area contributed by atoms with Crippen LogP contribution in [0.4, 0.5) is 11.5 Å². The predicted molar refractivity (Wildman–Crippen MR) is 97.7 cm³/mol. The summed E-state index contributed by atoms with van der Waals surface area (Å²) in [5, 5.41) is 6.44.